The normalized spacial score (nSPS) is 12.9. The van der Waals surface area contributed by atoms with Gasteiger partial charge in [0.2, 0.25) is 5.91 Å². The summed E-state index contributed by atoms with van der Waals surface area (Å²) in [6, 6.07) is 10.1. The maximum absolute atomic E-state index is 11.4. The zero-order valence-corrected chi connectivity index (χ0v) is 11.1. The quantitative estimate of drug-likeness (QED) is 0.891. The van der Waals surface area contributed by atoms with Gasteiger partial charge in [0.05, 0.1) is 12.0 Å². The molecular formula is C15H10ClNO3. The van der Waals surface area contributed by atoms with E-state index >= 15 is 0 Å². The van der Waals surface area contributed by atoms with Crippen molar-refractivity contribution in [2.45, 2.75) is 6.42 Å². The first-order valence-electron chi connectivity index (χ1n) is 6.01. The molecule has 1 aliphatic heterocycles. The van der Waals surface area contributed by atoms with E-state index in [4.69, 9.17) is 11.6 Å². The Hall–Kier alpha value is -2.33. The first kappa shape index (κ1) is 12.7. The van der Waals surface area contributed by atoms with Crippen LogP contribution in [0.15, 0.2) is 36.4 Å². The second-order valence-electron chi connectivity index (χ2n) is 4.56. The fraction of sp³-hybridized carbons (Fsp3) is 0.0667. The molecule has 1 aliphatic rings. The molecule has 100 valence electrons. The molecule has 1 amide bonds. The van der Waals surface area contributed by atoms with E-state index in [-0.39, 0.29) is 11.5 Å². The number of anilines is 1. The molecule has 0 saturated heterocycles. The summed E-state index contributed by atoms with van der Waals surface area (Å²) >= 11 is 6.14. The van der Waals surface area contributed by atoms with Crippen molar-refractivity contribution in [1.29, 1.82) is 0 Å². The molecule has 1 heterocycles. The van der Waals surface area contributed by atoms with Crippen LogP contribution in [-0.4, -0.2) is 17.0 Å². The van der Waals surface area contributed by atoms with Crippen LogP contribution in [0.4, 0.5) is 5.69 Å². The van der Waals surface area contributed by atoms with Gasteiger partial charge in [-0.1, -0.05) is 23.7 Å². The summed E-state index contributed by atoms with van der Waals surface area (Å²) in [7, 11) is 0. The minimum absolute atomic E-state index is 0.0604. The van der Waals surface area contributed by atoms with Crippen LogP contribution in [0, 0.1) is 0 Å². The Morgan fingerprint density at radius 2 is 2.05 bits per heavy atom. The molecule has 0 fully saturated rings. The fourth-order valence-electron chi connectivity index (χ4n) is 2.38. The first-order valence-corrected chi connectivity index (χ1v) is 6.39. The summed E-state index contributed by atoms with van der Waals surface area (Å²) in [5, 5.41) is 12.4. The molecule has 4 nitrogen and oxygen atoms in total. The minimum Gasteiger partial charge on any atom is -0.478 e. The van der Waals surface area contributed by atoms with Crippen molar-refractivity contribution >= 4 is 29.2 Å². The fourth-order valence-corrected chi connectivity index (χ4v) is 2.66. The smallest absolute Gasteiger partial charge is 0.336 e. The van der Waals surface area contributed by atoms with Gasteiger partial charge in [-0.2, -0.15) is 0 Å². The number of rotatable bonds is 2. The standard InChI is InChI=1S/C15H10ClNO3/c16-11-3-1-2-10(15(19)20)14(11)8-4-5-12-9(6-8)7-13(18)17-12/h1-6H,7H2,(H,17,18)(H,19,20). The van der Waals surface area contributed by atoms with E-state index in [0.29, 0.717) is 22.6 Å². The molecule has 0 bridgehead atoms. The topological polar surface area (TPSA) is 66.4 Å². The molecule has 2 N–H and O–H groups in total. The van der Waals surface area contributed by atoms with Crippen LogP contribution in [0.2, 0.25) is 5.02 Å². The molecule has 0 saturated carbocycles. The maximum Gasteiger partial charge on any atom is 0.336 e. The molecule has 0 aliphatic carbocycles. The van der Waals surface area contributed by atoms with Crippen LogP contribution in [0.25, 0.3) is 11.1 Å². The van der Waals surface area contributed by atoms with Crippen molar-refractivity contribution < 1.29 is 14.7 Å². The zero-order valence-electron chi connectivity index (χ0n) is 10.3. The number of aromatic carboxylic acids is 1. The van der Waals surface area contributed by atoms with E-state index in [9.17, 15) is 14.7 Å². The van der Waals surface area contributed by atoms with Crippen LogP contribution < -0.4 is 5.32 Å². The van der Waals surface area contributed by atoms with E-state index in [1.165, 1.54) is 6.07 Å². The van der Waals surface area contributed by atoms with Gasteiger partial charge in [0.15, 0.2) is 0 Å². The second kappa shape index (κ2) is 4.65. The Bertz CT molecular complexity index is 740. The van der Waals surface area contributed by atoms with E-state index in [1.54, 1.807) is 30.3 Å². The number of carboxylic acid groups (broad SMARTS) is 1. The lowest BCUT2D eigenvalue weighted by Crippen LogP contribution is -2.03. The number of carbonyl (C=O) groups is 2. The van der Waals surface area contributed by atoms with E-state index < -0.39 is 5.97 Å². The highest BCUT2D eigenvalue weighted by Crippen LogP contribution is 2.35. The minimum atomic E-state index is -1.03. The molecule has 0 unspecified atom stereocenters. The molecule has 0 atom stereocenters. The van der Waals surface area contributed by atoms with Gasteiger partial charge < -0.3 is 10.4 Å². The lowest BCUT2D eigenvalue weighted by atomic mass is 9.97. The molecular weight excluding hydrogens is 278 g/mol. The van der Waals surface area contributed by atoms with E-state index in [2.05, 4.69) is 5.32 Å². The highest BCUT2D eigenvalue weighted by molar-refractivity contribution is 6.34. The summed E-state index contributed by atoms with van der Waals surface area (Å²) < 4.78 is 0. The van der Waals surface area contributed by atoms with E-state index in [0.717, 1.165) is 11.3 Å². The lowest BCUT2D eigenvalue weighted by molar-refractivity contribution is -0.115. The number of fused-ring (bicyclic) bond motifs is 1. The van der Waals surface area contributed by atoms with Crippen LogP contribution in [0.5, 0.6) is 0 Å². The van der Waals surface area contributed by atoms with Crippen LogP contribution in [-0.2, 0) is 11.2 Å². The van der Waals surface area contributed by atoms with Crippen molar-refractivity contribution in [3.63, 3.8) is 0 Å². The predicted molar refractivity (Wildman–Crippen MR) is 76.2 cm³/mol. The molecule has 3 rings (SSSR count). The largest absolute Gasteiger partial charge is 0.478 e. The number of carboxylic acids is 1. The number of hydrogen-bond donors (Lipinski definition) is 2. The van der Waals surface area contributed by atoms with Crippen molar-refractivity contribution in [3.05, 3.63) is 52.5 Å². The van der Waals surface area contributed by atoms with Gasteiger partial charge in [-0.05, 0) is 35.4 Å². The Kier molecular flexibility index (Phi) is 2.95. The second-order valence-corrected chi connectivity index (χ2v) is 4.97. The Morgan fingerprint density at radius 1 is 1.25 bits per heavy atom. The summed E-state index contributed by atoms with van der Waals surface area (Å²) in [5.74, 6) is -1.09. The number of nitrogens with one attached hydrogen (secondary N) is 1. The summed E-state index contributed by atoms with van der Waals surface area (Å²) in [4.78, 5) is 22.7. The molecule has 20 heavy (non-hydrogen) atoms. The lowest BCUT2D eigenvalue weighted by Gasteiger charge is -2.10. The van der Waals surface area contributed by atoms with Gasteiger partial charge in [0.25, 0.3) is 0 Å². The Morgan fingerprint density at radius 3 is 2.80 bits per heavy atom. The van der Waals surface area contributed by atoms with Gasteiger partial charge in [-0.3, -0.25) is 4.79 Å². The molecule has 0 radical (unpaired) electrons. The van der Waals surface area contributed by atoms with Crippen molar-refractivity contribution in [3.8, 4) is 11.1 Å². The van der Waals surface area contributed by atoms with E-state index in [1.807, 2.05) is 0 Å². The Labute approximate surface area is 120 Å². The van der Waals surface area contributed by atoms with Crippen LogP contribution in [0.1, 0.15) is 15.9 Å². The summed E-state index contributed by atoms with van der Waals surface area (Å²) in [6.07, 6.45) is 0.302. The van der Waals surface area contributed by atoms with Crippen LogP contribution in [0.3, 0.4) is 0 Å². The SMILES string of the molecule is O=C1Cc2cc(-c3c(Cl)cccc3C(=O)O)ccc2N1. The highest BCUT2D eigenvalue weighted by atomic mass is 35.5. The van der Waals surface area contributed by atoms with Gasteiger partial charge in [0.1, 0.15) is 0 Å². The number of amides is 1. The third kappa shape index (κ3) is 2.04. The third-order valence-electron chi connectivity index (χ3n) is 3.26. The highest BCUT2D eigenvalue weighted by Gasteiger charge is 2.20. The maximum atomic E-state index is 11.4. The molecule has 0 spiro atoms. The number of benzene rings is 2. The summed E-state index contributed by atoms with van der Waals surface area (Å²) in [6.45, 7) is 0. The summed E-state index contributed by atoms with van der Waals surface area (Å²) in [5.41, 5.74) is 2.94. The molecule has 2 aromatic carbocycles. The Balaban J connectivity index is 2.18. The molecule has 2 aromatic rings. The molecule has 0 aromatic heterocycles. The average Bonchev–Trinajstić information content (AvgIpc) is 2.77. The predicted octanol–water partition coefficient (Wildman–Crippen LogP) is 3.20. The number of hydrogen-bond acceptors (Lipinski definition) is 2. The van der Waals surface area contributed by atoms with Gasteiger partial charge >= 0.3 is 5.97 Å². The third-order valence-corrected chi connectivity index (χ3v) is 3.58. The first-order chi connectivity index (χ1) is 9.56. The van der Waals surface area contributed by atoms with Gasteiger partial charge in [0, 0.05) is 16.3 Å². The molecule has 5 heteroatoms. The monoisotopic (exact) mass is 287 g/mol. The number of halogens is 1. The van der Waals surface area contributed by atoms with Crippen molar-refractivity contribution in [2.75, 3.05) is 5.32 Å². The number of carbonyl (C=O) groups excluding carboxylic acids is 1. The van der Waals surface area contributed by atoms with Gasteiger partial charge in [-0.15, -0.1) is 0 Å². The average molecular weight is 288 g/mol. The van der Waals surface area contributed by atoms with Crippen molar-refractivity contribution in [1.82, 2.24) is 0 Å². The van der Waals surface area contributed by atoms with Gasteiger partial charge in [-0.25, -0.2) is 4.79 Å². The van der Waals surface area contributed by atoms with Crippen molar-refractivity contribution in [2.24, 2.45) is 0 Å². The van der Waals surface area contributed by atoms with Crippen LogP contribution >= 0.6 is 11.6 Å². The zero-order chi connectivity index (χ0) is 14.3.